The van der Waals surface area contributed by atoms with E-state index in [0.717, 1.165) is 18.8 Å². The molecule has 0 saturated heterocycles. The van der Waals surface area contributed by atoms with Crippen LogP contribution in [-0.4, -0.2) is 35.0 Å². The maximum Gasteiger partial charge on any atom is 0.294 e. The Bertz CT molecular complexity index is 1160. The third-order valence-corrected chi connectivity index (χ3v) is 5.64. The second kappa shape index (κ2) is 8.63. The van der Waals surface area contributed by atoms with Crippen LogP contribution >= 0.6 is 0 Å². The topological polar surface area (TPSA) is 94.2 Å². The summed E-state index contributed by atoms with van der Waals surface area (Å²) < 4.78 is 5.23. The van der Waals surface area contributed by atoms with E-state index in [2.05, 4.69) is 18.7 Å². The molecule has 0 radical (unpaired) electrons. The number of nitrogens with zero attached hydrogens (tertiary/aromatic N) is 2. The standard InChI is InChI=1S/C25H24N2O5/c1-3-26(4-2)17-10-12-18(13-11-17)27-22(16-7-5-8-19(28)15-16)21(24(30)25(27)31)23(29)20-9-6-14-32-20/h5-15,22,28,30H,3-4H2,1-2H3. The van der Waals surface area contributed by atoms with E-state index in [0.29, 0.717) is 11.3 Å². The van der Waals surface area contributed by atoms with Crippen molar-refractivity contribution < 1.29 is 24.2 Å². The number of aromatic hydroxyl groups is 1. The number of phenols is 1. The molecule has 1 aliphatic rings. The molecular weight excluding hydrogens is 408 g/mol. The third kappa shape index (κ3) is 3.62. The van der Waals surface area contributed by atoms with Crippen LogP contribution in [0.15, 0.2) is 82.7 Å². The highest BCUT2D eigenvalue weighted by molar-refractivity contribution is 6.20. The van der Waals surface area contributed by atoms with Gasteiger partial charge >= 0.3 is 0 Å². The molecule has 164 valence electrons. The molecule has 3 aromatic rings. The minimum Gasteiger partial charge on any atom is -0.508 e. The molecule has 2 aromatic carbocycles. The fraction of sp³-hybridized carbons (Fsp3) is 0.200. The van der Waals surface area contributed by atoms with E-state index in [9.17, 15) is 19.8 Å². The molecule has 1 amide bonds. The summed E-state index contributed by atoms with van der Waals surface area (Å²) in [5.74, 6) is -1.90. The second-order valence-corrected chi connectivity index (χ2v) is 7.43. The lowest BCUT2D eigenvalue weighted by molar-refractivity contribution is -0.117. The van der Waals surface area contributed by atoms with Crippen molar-refractivity contribution >= 4 is 23.1 Å². The van der Waals surface area contributed by atoms with Crippen molar-refractivity contribution in [3.05, 3.63) is 89.6 Å². The van der Waals surface area contributed by atoms with Gasteiger partial charge in [-0.15, -0.1) is 0 Å². The molecule has 7 nitrogen and oxygen atoms in total. The molecule has 2 N–H and O–H groups in total. The second-order valence-electron chi connectivity index (χ2n) is 7.43. The molecule has 1 aliphatic heterocycles. The Balaban J connectivity index is 1.81. The minimum absolute atomic E-state index is 0.0111. The van der Waals surface area contributed by atoms with Crippen LogP contribution in [0, 0.1) is 0 Å². The SMILES string of the molecule is CCN(CC)c1ccc(N2C(=O)C(O)=C(C(=O)c3ccco3)C2c2cccc(O)c2)cc1. The van der Waals surface area contributed by atoms with Gasteiger partial charge < -0.3 is 19.5 Å². The number of anilines is 2. The van der Waals surface area contributed by atoms with Crippen LogP contribution in [-0.2, 0) is 4.79 Å². The first-order chi connectivity index (χ1) is 15.5. The molecule has 0 fully saturated rings. The summed E-state index contributed by atoms with van der Waals surface area (Å²) in [5, 5.41) is 20.8. The molecule has 2 heterocycles. The number of aliphatic hydroxyl groups excluding tert-OH is 1. The van der Waals surface area contributed by atoms with E-state index < -0.39 is 23.5 Å². The zero-order chi connectivity index (χ0) is 22.8. The van der Waals surface area contributed by atoms with Gasteiger partial charge in [-0.1, -0.05) is 12.1 Å². The quantitative estimate of drug-likeness (QED) is 0.530. The first-order valence-electron chi connectivity index (χ1n) is 10.4. The van der Waals surface area contributed by atoms with Gasteiger partial charge in [0.1, 0.15) is 5.75 Å². The number of amides is 1. The largest absolute Gasteiger partial charge is 0.508 e. The lowest BCUT2D eigenvalue weighted by Crippen LogP contribution is -2.31. The summed E-state index contributed by atoms with van der Waals surface area (Å²) in [6, 6.07) is 15.8. The molecule has 0 aliphatic carbocycles. The predicted octanol–water partition coefficient (Wildman–Crippen LogP) is 4.61. The number of phenolic OH excluding ortho intramolecular Hbond substituents is 1. The van der Waals surface area contributed by atoms with Crippen LogP contribution in [0.3, 0.4) is 0 Å². The van der Waals surface area contributed by atoms with Gasteiger partial charge in [-0.2, -0.15) is 0 Å². The first kappa shape index (κ1) is 21.2. The van der Waals surface area contributed by atoms with Crippen molar-refractivity contribution in [1.29, 1.82) is 0 Å². The van der Waals surface area contributed by atoms with Crippen LogP contribution < -0.4 is 9.80 Å². The van der Waals surface area contributed by atoms with E-state index in [1.54, 1.807) is 30.3 Å². The van der Waals surface area contributed by atoms with Gasteiger partial charge in [-0.3, -0.25) is 14.5 Å². The molecule has 7 heteroatoms. The summed E-state index contributed by atoms with van der Waals surface area (Å²) in [6.45, 7) is 5.81. The predicted molar refractivity (Wildman–Crippen MR) is 121 cm³/mol. The van der Waals surface area contributed by atoms with Crippen LogP contribution in [0.4, 0.5) is 11.4 Å². The van der Waals surface area contributed by atoms with E-state index in [4.69, 9.17) is 4.42 Å². The van der Waals surface area contributed by atoms with Gasteiger partial charge in [0.15, 0.2) is 11.5 Å². The molecule has 0 spiro atoms. The summed E-state index contributed by atoms with van der Waals surface area (Å²) in [5.41, 5.74) is 1.92. The number of ketones is 1. The van der Waals surface area contributed by atoms with Gasteiger partial charge in [-0.05, 0) is 67.9 Å². The molecule has 4 rings (SSSR count). The Kier molecular flexibility index (Phi) is 5.73. The molecule has 1 unspecified atom stereocenters. The van der Waals surface area contributed by atoms with Crippen molar-refractivity contribution in [2.45, 2.75) is 19.9 Å². The van der Waals surface area contributed by atoms with E-state index >= 15 is 0 Å². The number of carbonyl (C=O) groups excluding carboxylic acids is 2. The van der Waals surface area contributed by atoms with Gasteiger partial charge in [-0.25, -0.2) is 0 Å². The maximum atomic E-state index is 13.2. The Morgan fingerprint density at radius 3 is 2.34 bits per heavy atom. The Hall–Kier alpha value is -4.00. The summed E-state index contributed by atoms with van der Waals surface area (Å²) >= 11 is 0. The average molecular weight is 432 g/mol. The van der Waals surface area contributed by atoms with Gasteiger partial charge in [0.2, 0.25) is 5.78 Å². The Morgan fingerprint density at radius 2 is 1.75 bits per heavy atom. The number of carbonyl (C=O) groups is 2. The van der Waals surface area contributed by atoms with Gasteiger partial charge in [0.25, 0.3) is 5.91 Å². The monoisotopic (exact) mass is 432 g/mol. The lowest BCUT2D eigenvalue weighted by atomic mass is 9.94. The van der Waals surface area contributed by atoms with Crippen LogP contribution in [0.5, 0.6) is 5.75 Å². The highest BCUT2D eigenvalue weighted by Gasteiger charge is 2.45. The van der Waals surface area contributed by atoms with Crippen LogP contribution in [0.2, 0.25) is 0 Å². The van der Waals surface area contributed by atoms with Gasteiger partial charge in [0, 0.05) is 24.5 Å². The number of Topliss-reactive ketones (excluding diaryl/α,β-unsaturated/α-hetero) is 1. The number of benzene rings is 2. The molecule has 1 atom stereocenters. The third-order valence-electron chi connectivity index (χ3n) is 5.64. The van der Waals surface area contributed by atoms with Crippen molar-refractivity contribution in [2.24, 2.45) is 0 Å². The van der Waals surface area contributed by atoms with Crippen LogP contribution in [0.1, 0.15) is 36.0 Å². The summed E-state index contributed by atoms with van der Waals surface area (Å²) in [7, 11) is 0. The maximum absolute atomic E-state index is 13.2. The summed E-state index contributed by atoms with van der Waals surface area (Å²) in [6.07, 6.45) is 1.36. The smallest absolute Gasteiger partial charge is 0.294 e. The fourth-order valence-corrected chi connectivity index (χ4v) is 4.07. The normalized spacial score (nSPS) is 16.0. The van der Waals surface area contributed by atoms with Crippen molar-refractivity contribution in [3.63, 3.8) is 0 Å². The first-order valence-corrected chi connectivity index (χ1v) is 10.4. The zero-order valence-electron chi connectivity index (χ0n) is 17.9. The molecular formula is C25H24N2O5. The molecule has 0 bridgehead atoms. The fourth-order valence-electron chi connectivity index (χ4n) is 4.07. The van der Waals surface area contributed by atoms with Gasteiger partial charge in [0.05, 0.1) is 17.9 Å². The summed E-state index contributed by atoms with van der Waals surface area (Å²) in [4.78, 5) is 29.9. The number of aliphatic hydroxyl groups is 1. The number of furan rings is 1. The average Bonchev–Trinajstić information content (AvgIpc) is 3.42. The Labute approximate surface area is 185 Å². The van der Waals surface area contributed by atoms with E-state index in [1.807, 2.05) is 12.1 Å². The molecule has 1 aromatic heterocycles. The van der Waals surface area contributed by atoms with Crippen molar-refractivity contribution in [3.8, 4) is 5.75 Å². The van der Waals surface area contributed by atoms with E-state index in [-0.39, 0.29) is 17.1 Å². The highest BCUT2D eigenvalue weighted by Crippen LogP contribution is 2.42. The van der Waals surface area contributed by atoms with Crippen molar-refractivity contribution in [1.82, 2.24) is 0 Å². The van der Waals surface area contributed by atoms with E-state index in [1.165, 1.54) is 29.4 Å². The Morgan fingerprint density at radius 1 is 1.03 bits per heavy atom. The molecule has 32 heavy (non-hydrogen) atoms. The minimum atomic E-state index is -0.925. The number of hydrogen-bond acceptors (Lipinski definition) is 6. The van der Waals surface area contributed by atoms with Crippen molar-refractivity contribution in [2.75, 3.05) is 22.9 Å². The number of hydrogen-bond donors (Lipinski definition) is 2. The number of rotatable bonds is 7. The zero-order valence-corrected chi connectivity index (χ0v) is 17.9. The van der Waals surface area contributed by atoms with Crippen LogP contribution in [0.25, 0.3) is 0 Å². The molecule has 0 saturated carbocycles. The highest BCUT2D eigenvalue weighted by atomic mass is 16.3. The lowest BCUT2D eigenvalue weighted by Gasteiger charge is -2.28.